The van der Waals surface area contributed by atoms with E-state index < -0.39 is 0 Å². The fraction of sp³-hybridized carbons (Fsp3) is 0.214. The summed E-state index contributed by atoms with van der Waals surface area (Å²) in [7, 11) is 0. The average molecular weight is 556 g/mol. The Morgan fingerprint density at radius 3 is 2.86 bits per heavy atom. The number of pyridine rings is 1. The summed E-state index contributed by atoms with van der Waals surface area (Å²) >= 11 is 3.59. The lowest BCUT2D eigenvalue weighted by Crippen LogP contribution is -2.37. The second-order valence-corrected chi connectivity index (χ2v) is 10.1. The third-order valence-corrected chi connectivity index (χ3v) is 7.46. The fourth-order valence-electron chi connectivity index (χ4n) is 4.88. The normalized spacial score (nSPS) is 14.7. The Bertz CT molecular complexity index is 1580. The molecule has 0 bridgehead atoms. The molecule has 0 atom stereocenters. The maximum Gasteiger partial charge on any atom is 0.246 e. The van der Waals surface area contributed by atoms with Gasteiger partial charge in [-0.1, -0.05) is 24.3 Å². The molecule has 1 amide bonds. The first-order valence-electron chi connectivity index (χ1n) is 12.4. The standard InChI is InChI=1S/C28H26BrN7O/c29-23-18-33-36-26(32-16-19-4-3-11-30-15-19)14-25(34-28(23)36)20-9-12-35(13-10-20)27(37)8-7-21-17-31-24-6-2-1-5-22(21)24/h1-8,11,14-15,17-18,20,31-32H,9-10,12-13,16H2. The predicted molar refractivity (Wildman–Crippen MR) is 148 cm³/mol. The molecule has 1 aliphatic heterocycles. The number of amides is 1. The SMILES string of the molecule is O=C(C=Cc1c[nH]c2ccccc12)N1CCC(c2cc(NCc3cccnc3)n3ncc(Br)c3n2)CC1. The van der Waals surface area contributed by atoms with Crippen LogP contribution in [0.1, 0.15) is 35.6 Å². The largest absolute Gasteiger partial charge is 0.366 e. The number of aromatic amines is 1. The van der Waals surface area contributed by atoms with E-state index in [1.807, 2.05) is 58.2 Å². The zero-order valence-corrected chi connectivity index (χ0v) is 21.7. The fourth-order valence-corrected chi connectivity index (χ4v) is 5.23. The van der Waals surface area contributed by atoms with Crippen LogP contribution in [0.3, 0.4) is 0 Å². The summed E-state index contributed by atoms with van der Waals surface area (Å²) in [6.07, 6.45) is 12.6. The molecule has 0 aliphatic carbocycles. The molecule has 37 heavy (non-hydrogen) atoms. The van der Waals surface area contributed by atoms with Gasteiger partial charge in [-0.05, 0) is 58.1 Å². The lowest BCUT2D eigenvalue weighted by Gasteiger charge is -2.31. The van der Waals surface area contributed by atoms with Gasteiger partial charge in [-0.15, -0.1) is 0 Å². The molecule has 0 spiro atoms. The van der Waals surface area contributed by atoms with Gasteiger partial charge in [-0.2, -0.15) is 9.61 Å². The van der Waals surface area contributed by atoms with Crippen LogP contribution >= 0.6 is 15.9 Å². The van der Waals surface area contributed by atoms with Crippen molar-refractivity contribution in [2.75, 3.05) is 18.4 Å². The van der Waals surface area contributed by atoms with Crippen molar-refractivity contribution in [2.24, 2.45) is 0 Å². The van der Waals surface area contributed by atoms with E-state index in [2.05, 4.69) is 48.4 Å². The van der Waals surface area contributed by atoms with Crippen molar-refractivity contribution < 1.29 is 4.79 Å². The number of likely N-dealkylation sites (tertiary alicyclic amines) is 1. The van der Waals surface area contributed by atoms with Crippen LogP contribution in [0.2, 0.25) is 0 Å². The van der Waals surface area contributed by atoms with Crippen molar-refractivity contribution in [1.82, 2.24) is 29.5 Å². The third kappa shape index (κ3) is 4.86. The number of carbonyl (C=O) groups is 1. The van der Waals surface area contributed by atoms with Gasteiger partial charge in [0.2, 0.25) is 5.91 Å². The first-order valence-corrected chi connectivity index (χ1v) is 13.1. The highest BCUT2D eigenvalue weighted by molar-refractivity contribution is 9.10. The molecule has 186 valence electrons. The maximum atomic E-state index is 12.9. The van der Waals surface area contributed by atoms with Gasteiger partial charge in [0.05, 0.1) is 10.7 Å². The second-order valence-electron chi connectivity index (χ2n) is 9.23. The molecule has 4 aromatic heterocycles. The molecule has 0 unspecified atom stereocenters. The van der Waals surface area contributed by atoms with Crippen molar-refractivity contribution in [2.45, 2.75) is 25.3 Å². The van der Waals surface area contributed by atoms with Gasteiger partial charge >= 0.3 is 0 Å². The van der Waals surface area contributed by atoms with Gasteiger partial charge in [0.1, 0.15) is 5.82 Å². The van der Waals surface area contributed by atoms with Crippen LogP contribution in [-0.4, -0.2) is 48.5 Å². The monoisotopic (exact) mass is 555 g/mol. The van der Waals surface area contributed by atoms with Crippen molar-refractivity contribution in [3.8, 4) is 0 Å². The summed E-state index contributed by atoms with van der Waals surface area (Å²) < 4.78 is 2.67. The highest BCUT2D eigenvalue weighted by atomic mass is 79.9. The van der Waals surface area contributed by atoms with Crippen molar-refractivity contribution in [3.05, 3.63) is 94.6 Å². The van der Waals surface area contributed by atoms with E-state index in [-0.39, 0.29) is 11.8 Å². The van der Waals surface area contributed by atoms with Crippen LogP contribution in [0.25, 0.3) is 22.6 Å². The van der Waals surface area contributed by atoms with Gasteiger partial charge in [0, 0.05) is 72.9 Å². The molecule has 6 rings (SSSR count). The van der Waals surface area contributed by atoms with Crippen LogP contribution in [0, 0.1) is 0 Å². The Morgan fingerprint density at radius 1 is 1.16 bits per heavy atom. The number of aromatic nitrogens is 5. The maximum absolute atomic E-state index is 12.9. The summed E-state index contributed by atoms with van der Waals surface area (Å²) in [5.74, 6) is 1.20. The number of anilines is 1. The van der Waals surface area contributed by atoms with Crippen molar-refractivity contribution in [3.63, 3.8) is 0 Å². The Labute approximate surface area is 222 Å². The van der Waals surface area contributed by atoms with E-state index in [0.717, 1.165) is 56.5 Å². The molecule has 5 heterocycles. The number of nitrogens with one attached hydrogen (secondary N) is 2. The average Bonchev–Trinajstić information content (AvgIpc) is 3.54. The van der Waals surface area contributed by atoms with E-state index in [1.165, 1.54) is 0 Å². The minimum Gasteiger partial charge on any atom is -0.366 e. The zero-order chi connectivity index (χ0) is 25.2. The number of fused-ring (bicyclic) bond motifs is 2. The molecule has 1 aliphatic rings. The van der Waals surface area contributed by atoms with Crippen LogP contribution in [-0.2, 0) is 11.3 Å². The second kappa shape index (κ2) is 10.2. The first kappa shape index (κ1) is 23.4. The molecule has 1 aromatic carbocycles. The highest BCUT2D eigenvalue weighted by Crippen LogP contribution is 2.31. The predicted octanol–water partition coefficient (Wildman–Crippen LogP) is 5.40. The van der Waals surface area contributed by atoms with E-state index in [0.29, 0.717) is 19.6 Å². The van der Waals surface area contributed by atoms with Gasteiger partial charge in [0.25, 0.3) is 0 Å². The topological polar surface area (TPSA) is 91.2 Å². The molecule has 0 saturated carbocycles. The number of para-hydroxylation sites is 1. The molecular formula is C28H26BrN7O. The third-order valence-electron chi connectivity index (χ3n) is 6.90. The molecule has 1 saturated heterocycles. The minimum absolute atomic E-state index is 0.0458. The minimum atomic E-state index is 0.0458. The Kier molecular flexibility index (Phi) is 6.44. The van der Waals surface area contributed by atoms with Gasteiger partial charge in [0.15, 0.2) is 5.65 Å². The first-order chi connectivity index (χ1) is 18.2. The van der Waals surface area contributed by atoms with Crippen LogP contribution in [0.4, 0.5) is 5.82 Å². The number of piperidine rings is 1. The summed E-state index contributed by atoms with van der Waals surface area (Å²) in [5, 5.41) is 9.09. The van der Waals surface area contributed by atoms with Crippen LogP contribution < -0.4 is 5.32 Å². The summed E-state index contributed by atoms with van der Waals surface area (Å²) in [5.41, 5.74) is 4.98. The number of benzene rings is 1. The Morgan fingerprint density at radius 2 is 2.03 bits per heavy atom. The van der Waals surface area contributed by atoms with E-state index >= 15 is 0 Å². The van der Waals surface area contributed by atoms with Gasteiger partial charge in [-0.25, -0.2) is 4.98 Å². The molecular weight excluding hydrogens is 530 g/mol. The molecule has 8 nitrogen and oxygen atoms in total. The lowest BCUT2D eigenvalue weighted by atomic mass is 9.93. The number of halogens is 1. The quantitative estimate of drug-likeness (QED) is 0.274. The van der Waals surface area contributed by atoms with Gasteiger partial charge in [-0.3, -0.25) is 9.78 Å². The zero-order valence-electron chi connectivity index (χ0n) is 20.1. The van der Waals surface area contributed by atoms with Crippen LogP contribution in [0.15, 0.2) is 77.8 Å². The number of rotatable bonds is 6. The molecule has 2 N–H and O–H groups in total. The highest BCUT2D eigenvalue weighted by Gasteiger charge is 2.25. The van der Waals surface area contributed by atoms with Gasteiger partial charge < -0.3 is 15.2 Å². The number of hydrogen-bond donors (Lipinski definition) is 2. The number of H-pyrrole nitrogens is 1. The molecule has 9 heteroatoms. The smallest absolute Gasteiger partial charge is 0.246 e. The summed E-state index contributed by atoms with van der Waals surface area (Å²) in [6, 6.07) is 14.2. The number of carbonyl (C=O) groups excluding carboxylic acids is 1. The molecule has 0 radical (unpaired) electrons. The molecule has 1 fully saturated rings. The van der Waals surface area contributed by atoms with E-state index in [9.17, 15) is 4.79 Å². The van der Waals surface area contributed by atoms with E-state index in [4.69, 9.17) is 4.98 Å². The van der Waals surface area contributed by atoms with Crippen molar-refractivity contribution >= 4 is 50.3 Å². The lowest BCUT2D eigenvalue weighted by molar-refractivity contribution is -0.126. The van der Waals surface area contributed by atoms with E-state index in [1.54, 1.807) is 18.5 Å². The summed E-state index contributed by atoms with van der Waals surface area (Å²) in [4.78, 5) is 27.2. The Balaban J connectivity index is 1.15. The molecule has 5 aromatic rings. The van der Waals surface area contributed by atoms with Crippen molar-refractivity contribution in [1.29, 1.82) is 0 Å². The Hall–Kier alpha value is -3.98. The van der Waals surface area contributed by atoms with Crippen LogP contribution in [0.5, 0.6) is 0 Å². The summed E-state index contributed by atoms with van der Waals surface area (Å²) in [6.45, 7) is 2.04. The number of nitrogens with zero attached hydrogens (tertiary/aromatic N) is 5. The number of hydrogen-bond acceptors (Lipinski definition) is 5.